The molecule has 1 aromatic heterocycles. The fourth-order valence-electron chi connectivity index (χ4n) is 3.44. The van der Waals surface area contributed by atoms with E-state index in [1.165, 1.54) is 37.6 Å². The van der Waals surface area contributed by atoms with Crippen LogP contribution in [-0.2, 0) is 5.88 Å². The lowest BCUT2D eigenvalue weighted by Gasteiger charge is -2.25. The SMILES string of the molecule is CC1CCCCCC1n1c(CCl)nc2ccc(Br)cc21. The standard InChI is InChI=1S/C16H20BrClN2/c1-11-5-3-2-4-6-14(11)20-15-9-12(17)7-8-13(15)19-16(20)10-18/h7-9,11,14H,2-6,10H2,1H3. The first-order valence-corrected chi connectivity index (χ1v) is 8.76. The lowest BCUT2D eigenvalue weighted by atomic mass is 9.96. The van der Waals surface area contributed by atoms with E-state index >= 15 is 0 Å². The van der Waals surface area contributed by atoms with Gasteiger partial charge < -0.3 is 4.57 Å². The highest BCUT2D eigenvalue weighted by atomic mass is 79.9. The van der Waals surface area contributed by atoms with Gasteiger partial charge in [0.05, 0.1) is 16.9 Å². The van der Waals surface area contributed by atoms with Gasteiger partial charge in [-0.05, 0) is 37.0 Å². The van der Waals surface area contributed by atoms with Crippen molar-refractivity contribution >= 4 is 38.6 Å². The Hall–Kier alpha value is -0.540. The monoisotopic (exact) mass is 354 g/mol. The van der Waals surface area contributed by atoms with Gasteiger partial charge in [0, 0.05) is 10.5 Å². The van der Waals surface area contributed by atoms with Crippen LogP contribution in [0.3, 0.4) is 0 Å². The first kappa shape index (κ1) is 14.4. The summed E-state index contributed by atoms with van der Waals surface area (Å²) in [5.74, 6) is 2.18. The zero-order valence-corrected chi connectivity index (χ0v) is 14.1. The summed E-state index contributed by atoms with van der Waals surface area (Å²) in [4.78, 5) is 4.72. The fraction of sp³-hybridized carbons (Fsp3) is 0.562. The molecule has 1 aliphatic carbocycles. The molecule has 0 N–H and O–H groups in total. The van der Waals surface area contributed by atoms with Crippen molar-refractivity contribution in [1.82, 2.24) is 9.55 Å². The van der Waals surface area contributed by atoms with Crippen molar-refractivity contribution in [1.29, 1.82) is 0 Å². The van der Waals surface area contributed by atoms with Crippen LogP contribution in [0.1, 0.15) is 50.9 Å². The van der Waals surface area contributed by atoms with E-state index in [4.69, 9.17) is 16.6 Å². The smallest absolute Gasteiger partial charge is 0.125 e. The van der Waals surface area contributed by atoms with E-state index in [1.54, 1.807) is 0 Å². The minimum atomic E-state index is 0.482. The Bertz CT molecular complexity index is 608. The van der Waals surface area contributed by atoms with E-state index in [2.05, 4.69) is 39.6 Å². The molecular formula is C16H20BrClN2. The van der Waals surface area contributed by atoms with Gasteiger partial charge in [-0.1, -0.05) is 42.1 Å². The molecule has 1 aliphatic rings. The van der Waals surface area contributed by atoms with Crippen molar-refractivity contribution in [2.24, 2.45) is 5.92 Å². The zero-order chi connectivity index (χ0) is 14.1. The molecule has 0 radical (unpaired) electrons. The number of hydrogen-bond acceptors (Lipinski definition) is 1. The van der Waals surface area contributed by atoms with Crippen LogP contribution in [0.5, 0.6) is 0 Å². The quantitative estimate of drug-likeness (QED) is 0.500. The predicted molar refractivity (Wildman–Crippen MR) is 88.3 cm³/mol. The Balaban J connectivity index is 2.14. The van der Waals surface area contributed by atoms with Crippen LogP contribution in [0.4, 0.5) is 0 Å². The van der Waals surface area contributed by atoms with Gasteiger partial charge >= 0.3 is 0 Å². The molecule has 2 nitrogen and oxygen atoms in total. The Morgan fingerprint density at radius 2 is 2.10 bits per heavy atom. The summed E-state index contributed by atoms with van der Waals surface area (Å²) in [6.45, 7) is 2.37. The van der Waals surface area contributed by atoms with Gasteiger partial charge in [-0.3, -0.25) is 0 Å². The molecule has 0 bridgehead atoms. The minimum Gasteiger partial charge on any atom is -0.324 e. The topological polar surface area (TPSA) is 17.8 Å². The van der Waals surface area contributed by atoms with Crippen molar-refractivity contribution in [2.75, 3.05) is 0 Å². The van der Waals surface area contributed by atoms with E-state index in [9.17, 15) is 0 Å². The predicted octanol–water partition coefficient (Wildman–Crippen LogP) is 5.68. The Morgan fingerprint density at radius 3 is 2.90 bits per heavy atom. The lowest BCUT2D eigenvalue weighted by molar-refractivity contribution is 0.335. The Labute approximate surface area is 133 Å². The highest BCUT2D eigenvalue weighted by Crippen LogP contribution is 2.36. The van der Waals surface area contributed by atoms with Crippen molar-refractivity contribution < 1.29 is 0 Å². The molecule has 0 spiro atoms. The van der Waals surface area contributed by atoms with Crippen molar-refractivity contribution in [3.63, 3.8) is 0 Å². The van der Waals surface area contributed by atoms with Crippen LogP contribution in [0.2, 0.25) is 0 Å². The molecule has 3 rings (SSSR count). The second-order valence-electron chi connectivity index (χ2n) is 5.85. The molecule has 2 aromatic rings. The van der Waals surface area contributed by atoms with Gasteiger partial charge in [-0.2, -0.15) is 0 Å². The number of hydrogen-bond donors (Lipinski definition) is 0. The molecule has 0 aliphatic heterocycles. The highest BCUT2D eigenvalue weighted by molar-refractivity contribution is 9.10. The third kappa shape index (κ3) is 2.62. The molecule has 1 fully saturated rings. The van der Waals surface area contributed by atoms with Gasteiger partial charge in [0.15, 0.2) is 0 Å². The van der Waals surface area contributed by atoms with E-state index in [0.29, 0.717) is 17.8 Å². The fourth-order valence-corrected chi connectivity index (χ4v) is 3.97. The number of imidazole rings is 1. The van der Waals surface area contributed by atoms with E-state index < -0.39 is 0 Å². The van der Waals surface area contributed by atoms with Crippen LogP contribution in [-0.4, -0.2) is 9.55 Å². The molecule has 1 heterocycles. The van der Waals surface area contributed by atoms with Crippen molar-refractivity contribution in [3.8, 4) is 0 Å². The number of halogens is 2. The molecule has 2 atom stereocenters. The summed E-state index contributed by atoms with van der Waals surface area (Å²) in [5, 5.41) is 0. The average Bonchev–Trinajstić information content (AvgIpc) is 2.66. The molecule has 108 valence electrons. The van der Waals surface area contributed by atoms with Crippen LogP contribution in [0, 0.1) is 5.92 Å². The van der Waals surface area contributed by atoms with E-state index in [-0.39, 0.29) is 0 Å². The van der Waals surface area contributed by atoms with Crippen LogP contribution in [0.25, 0.3) is 11.0 Å². The second kappa shape index (κ2) is 6.07. The maximum atomic E-state index is 6.16. The van der Waals surface area contributed by atoms with Gasteiger partial charge in [-0.15, -0.1) is 11.6 Å². The molecule has 1 aromatic carbocycles. The lowest BCUT2D eigenvalue weighted by Crippen LogP contribution is -2.18. The van der Waals surface area contributed by atoms with Crippen LogP contribution >= 0.6 is 27.5 Å². The maximum Gasteiger partial charge on any atom is 0.125 e. The largest absolute Gasteiger partial charge is 0.324 e. The van der Waals surface area contributed by atoms with Crippen molar-refractivity contribution in [3.05, 3.63) is 28.5 Å². The van der Waals surface area contributed by atoms with E-state index in [1.807, 2.05) is 6.07 Å². The highest BCUT2D eigenvalue weighted by Gasteiger charge is 2.25. The van der Waals surface area contributed by atoms with Gasteiger partial charge in [0.2, 0.25) is 0 Å². The normalized spacial score (nSPS) is 23.9. The first-order chi connectivity index (χ1) is 9.70. The van der Waals surface area contributed by atoms with E-state index in [0.717, 1.165) is 15.8 Å². The Kier molecular flexibility index (Phi) is 4.37. The molecule has 2 unspecified atom stereocenters. The summed E-state index contributed by atoms with van der Waals surface area (Å²) < 4.78 is 3.51. The summed E-state index contributed by atoms with van der Waals surface area (Å²) in [6.07, 6.45) is 6.56. The second-order valence-corrected chi connectivity index (χ2v) is 7.03. The zero-order valence-electron chi connectivity index (χ0n) is 11.8. The van der Waals surface area contributed by atoms with Crippen LogP contribution in [0.15, 0.2) is 22.7 Å². The van der Waals surface area contributed by atoms with Crippen LogP contribution < -0.4 is 0 Å². The Morgan fingerprint density at radius 1 is 1.30 bits per heavy atom. The van der Waals surface area contributed by atoms with Crippen molar-refractivity contribution in [2.45, 2.75) is 50.9 Å². The third-order valence-corrected chi connectivity index (χ3v) is 5.22. The maximum absolute atomic E-state index is 6.16. The number of benzene rings is 1. The number of nitrogens with zero attached hydrogens (tertiary/aromatic N) is 2. The number of fused-ring (bicyclic) bond motifs is 1. The minimum absolute atomic E-state index is 0.482. The molecule has 0 saturated heterocycles. The van der Waals surface area contributed by atoms with Gasteiger partial charge in [0.25, 0.3) is 0 Å². The average molecular weight is 356 g/mol. The molecule has 0 amide bonds. The molecule has 4 heteroatoms. The molecular weight excluding hydrogens is 336 g/mol. The van der Waals surface area contributed by atoms with Gasteiger partial charge in [-0.25, -0.2) is 4.98 Å². The summed E-state index contributed by atoms with van der Waals surface area (Å²) in [6, 6.07) is 6.84. The summed E-state index contributed by atoms with van der Waals surface area (Å²) in [5.41, 5.74) is 2.27. The first-order valence-electron chi connectivity index (χ1n) is 7.43. The number of rotatable bonds is 2. The van der Waals surface area contributed by atoms with Gasteiger partial charge in [0.1, 0.15) is 5.82 Å². The molecule has 1 saturated carbocycles. The number of alkyl halides is 1. The molecule has 20 heavy (non-hydrogen) atoms. The number of aromatic nitrogens is 2. The summed E-state index contributed by atoms with van der Waals surface area (Å²) in [7, 11) is 0. The third-order valence-electron chi connectivity index (χ3n) is 4.49. The summed E-state index contributed by atoms with van der Waals surface area (Å²) >= 11 is 9.73.